The minimum absolute atomic E-state index is 0.657. The van der Waals surface area contributed by atoms with E-state index >= 15 is 0 Å². The van der Waals surface area contributed by atoms with Crippen molar-refractivity contribution in [2.75, 3.05) is 0 Å². The highest BCUT2D eigenvalue weighted by molar-refractivity contribution is 5.16. The molecule has 1 aromatic rings. The summed E-state index contributed by atoms with van der Waals surface area (Å²) in [5, 5.41) is 12.9. The van der Waals surface area contributed by atoms with E-state index in [1.807, 2.05) is 0 Å². The molecule has 0 amide bonds. The summed E-state index contributed by atoms with van der Waals surface area (Å²) in [6.07, 6.45) is 7.38. The Morgan fingerprint density at radius 1 is 1.90 bits per heavy atom. The highest BCUT2D eigenvalue weighted by Crippen LogP contribution is 2.08. The van der Waals surface area contributed by atoms with Gasteiger partial charge in [-0.2, -0.15) is 5.10 Å². The summed E-state index contributed by atoms with van der Waals surface area (Å²) in [6, 6.07) is 0. The van der Waals surface area contributed by atoms with Crippen LogP contribution in [-0.4, -0.2) is 14.9 Å². The molecule has 0 aliphatic carbocycles. The Morgan fingerprint density at radius 3 is 3.00 bits per heavy atom. The van der Waals surface area contributed by atoms with Crippen molar-refractivity contribution in [2.24, 2.45) is 7.05 Å². The van der Waals surface area contributed by atoms with Crippen molar-refractivity contribution in [3.63, 3.8) is 0 Å². The van der Waals surface area contributed by atoms with Crippen LogP contribution >= 0.6 is 0 Å². The van der Waals surface area contributed by atoms with Crippen LogP contribution < -0.4 is 0 Å². The SMILES string of the molecule is C#C[C@@H](O)c1cnn(C)c1. The number of nitrogens with zero attached hydrogens (tertiary/aromatic N) is 2. The number of aromatic nitrogens is 2. The summed E-state index contributed by atoms with van der Waals surface area (Å²) in [5.74, 6) is 2.20. The van der Waals surface area contributed by atoms with Crippen molar-refractivity contribution in [2.45, 2.75) is 6.10 Å². The minimum Gasteiger partial charge on any atom is -0.376 e. The molecule has 0 aliphatic heterocycles. The van der Waals surface area contributed by atoms with Gasteiger partial charge >= 0.3 is 0 Å². The predicted molar refractivity (Wildman–Crippen MR) is 37.0 cm³/mol. The van der Waals surface area contributed by atoms with Gasteiger partial charge < -0.3 is 5.11 Å². The molecule has 0 unspecified atom stereocenters. The van der Waals surface area contributed by atoms with E-state index in [-0.39, 0.29) is 0 Å². The predicted octanol–water partition coefficient (Wildman–Crippen LogP) is 0.0867. The molecule has 0 spiro atoms. The smallest absolute Gasteiger partial charge is 0.143 e. The van der Waals surface area contributed by atoms with Crippen LogP contribution in [0.15, 0.2) is 12.4 Å². The molecule has 3 heteroatoms. The lowest BCUT2D eigenvalue weighted by atomic mass is 10.2. The van der Waals surface area contributed by atoms with Crippen LogP contribution in [0.3, 0.4) is 0 Å². The topological polar surface area (TPSA) is 38.1 Å². The molecule has 0 saturated heterocycles. The molecule has 1 heterocycles. The van der Waals surface area contributed by atoms with Gasteiger partial charge in [-0.05, 0) is 0 Å². The molecule has 1 N–H and O–H groups in total. The van der Waals surface area contributed by atoms with Crippen LogP contribution in [0.25, 0.3) is 0 Å². The molecule has 1 aromatic heterocycles. The van der Waals surface area contributed by atoms with Gasteiger partial charge in [0.1, 0.15) is 6.10 Å². The monoisotopic (exact) mass is 136 g/mol. The van der Waals surface area contributed by atoms with Crippen LogP contribution in [0.5, 0.6) is 0 Å². The van der Waals surface area contributed by atoms with Crippen LogP contribution in [0, 0.1) is 12.3 Å². The number of aliphatic hydroxyl groups is 1. The van der Waals surface area contributed by atoms with E-state index < -0.39 is 6.10 Å². The van der Waals surface area contributed by atoms with Crippen LogP contribution in [0.2, 0.25) is 0 Å². The highest BCUT2D eigenvalue weighted by atomic mass is 16.3. The zero-order valence-corrected chi connectivity index (χ0v) is 5.65. The lowest BCUT2D eigenvalue weighted by Gasteiger charge is -1.94. The summed E-state index contributed by atoms with van der Waals surface area (Å²) in [5.41, 5.74) is 0.657. The molecule has 10 heavy (non-hydrogen) atoms. The molecule has 0 aromatic carbocycles. The fourth-order valence-corrected chi connectivity index (χ4v) is 0.678. The summed E-state index contributed by atoms with van der Waals surface area (Å²) in [7, 11) is 1.77. The molecular weight excluding hydrogens is 128 g/mol. The molecular formula is C7H8N2O. The highest BCUT2D eigenvalue weighted by Gasteiger charge is 2.03. The van der Waals surface area contributed by atoms with Gasteiger partial charge in [-0.3, -0.25) is 4.68 Å². The fourth-order valence-electron chi connectivity index (χ4n) is 0.678. The Morgan fingerprint density at radius 2 is 2.60 bits per heavy atom. The zero-order chi connectivity index (χ0) is 7.56. The van der Waals surface area contributed by atoms with Gasteiger partial charge in [-0.25, -0.2) is 0 Å². The van der Waals surface area contributed by atoms with E-state index in [1.54, 1.807) is 24.1 Å². The van der Waals surface area contributed by atoms with Gasteiger partial charge in [0.15, 0.2) is 0 Å². The van der Waals surface area contributed by atoms with Crippen molar-refractivity contribution in [1.29, 1.82) is 0 Å². The molecule has 1 rings (SSSR count). The number of rotatable bonds is 1. The van der Waals surface area contributed by atoms with Crippen LogP contribution in [0.1, 0.15) is 11.7 Å². The van der Waals surface area contributed by atoms with Gasteiger partial charge in [0.25, 0.3) is 0 Å². The number of aliphatic hydroxyl groups excluding tert-OH is 1. The Labute approximate surface area is 59.3 Å². The summed E-state index contributed by atoms with van der Waals surface area (Å²) in [4.78, 5) is 0. The van der Waals surface area contributed by atoms with Crippen molar-refractivity contribution in [3.8, 4) is 12.3 Å². The van der Waals surface area contributed by atoms with Crippen LogP contribution in [0.4, 0.5) is 0 Å². The molecule has 52 valence electrons. The van der Waals surface area contributed by atoms with Crippen molar-refractivity contribution in [3.05, 3.63) is 18.0 Å². The lowest BCUT2D eigenvalue weighted by molar-refractivity contribution is 0.238. The average molecular weight is 136 g/mol. The van der Waals surface area contributed by atoms with E-state index in [4.69, 9.17) is 11.5 Å². The molecule has 0 saturated carbocycles. The molecule has 0 bridgehead atoms. The second-order valence-electron chi connectivity index (χ2n) is 2.02. The Hall–Kier alpha value is -1.27. The molecule has 0 fully saturated rings. The van der Waals surface area contributed by atoms with Gasteiger partial charge in [0, 0.05) is 18.8 Å². The average Bonchev–Trinajstić information content (AvgIpc) is 2.34. The summed E-state index contributed by atoms with van der Waals surface area (Å²) < 4.78 is 1.59. The molecule has 3 nitrogen and oxygen atoms in total. The van der Waals surface area contributed by atoms with Gasteiger partial charge in [0.2, 0.25) is 0 Å². The zero-order valence-electron chi connectivity index (χ0n) is 5.65. The van der Waals surface area contributed by atoms with Crippen molar-refractivity contribution in [1.82, 2.24) is 9.78 Å². The number of hydrogen-bond acceptors (Lipinski definition) is 2. The maximum absolute atomic E-state index is 9.05. The first kappa shape index (κ1) is 6.84. The molecule has 0 aliphatic rings. The Bertz CT molecular complexity index is 259. The minimum atomic E-state index is -0.825. The quantitative estimate of drug-likeness (QED) is 0.555. The fraction of sp³-hybridized carbons (Fsp3) is 0.286. The lowest BCUT2D eigenvalue weighted by Crippen LogP contribution is -1.90. The number of aryl methyl sites for hydroxylation is 1. The third-order valence-corrected chi connectivity index (χ3v) is 1.20. The second kappa shape index (κ2) is 2.54. The molecule has 0 radical (unpaired) electrons. The first-order valence-electron chi connectivity index (χ1n) is 2.87. The van der Waals surface area contributed by atoms with Crippen LogP contribution in [-0.2, 0) is 7.05 Å². The maximum atomic E-state index is 9.05. The Balaban J connectivity index is 2.87. The number of terminal acetylenes is 1. The van der Waals surface area contributed by atoms with Crippen molar-refractivity contribution >= 4 is 0 Å². The second-order valence-corrected chi connectivity index (χ2v) is 2.02. The standard InChI is InChI=1S/C7H8N2O/c1-3-7(10)6-4-8-9(2)5-6/h1,4-5,7,10H,2H3/t7-/m1/s1. The van der Waals surface area contributed by atoms with E-state index in [0.717, 1.165) is 0 Å². The molecule has 1 atom stereocenters. The third kappa shape index (κ3) is 1.17. The van der Waals surface area contributed by atoms with E-state index in [1.165, 1.54) is 0 Å². The van der Waals surface area contributed by atoms with Gasteiger partial charge in [0.05, 0.1) is 6.20 Å². The summed E-state index contributed by atoms with van der Waals surface area (Å²) in [6.45, 7) is 0. The van der Waals surface area contributed by atoms with E-state index in [0.29, 0.717) is 5.56 Å². The number of hydrogen-bond donors (Lipinski definition) is 1. The summed E-state index contributed by atoms with van der Waals surface area (Å²) >= 11 is 0. The first-order valence-corrected chi connectivity index (χ1v) is 2.87. The normalized spacial score (nSPS) is 12.5. The third-order valence-electron chi connectivity index (χ3n) is 1.20. The Kier molecular flexibility index (Phi) is 1.74. The van der Waals surface area contributed by atoms with Crippen molar-refractivity contribution < 1.29 is 5.11 Å². The van der Waals surface area contributed by atoms with Gasteiger partial charge in [-0.15, -0.1) is 6.42 Å². The first-order chi connectivity index (χ1) is 4.74. The van der Waals surface area contributed by atoms with E-state index in [9.17, 15) is 0 Å². The van der Waals surface area contributed by atoms with Gasteiger partial charge in [-0.1, -0.05) is 5.92 Å². The van der Waals surface area contributed by atoms with E-state index in [2.05, 4.69) is 11.0 Å². The largest absolute Gasteiger partial charge is 0.376 e. The maximum Gasteiger partial charge on any atom is 0.143 e.